The molecule has 3 nitrogen and oxygen atoms in total. The average Bonchev–Trinajstić information content (AvgIpc) is 2.12. The van der Waals surface area contributed by atoms with E-state index in [1.165, 1.54) is 0 Å². The molecule has 3 heteroatoms. The van der Waals surface area contributed by atoms with Crippen molar-refractivity contribution >= 4 is 5.97 Å². The largest absolute Gasteiger partial charge is 0.466 e. The first-order valence-corrected chi connectivity index (χ1v) is 5.52. The molecule has 0 aromatic rings. The molecule has 0 fully saturated rings. The van der Waals surface area contributed by atoms with Crippen LogP contribution in [0.4, 0.5) is 0 Å². The molecule has 0 atom stereocenters. The maximum Gasteiger partial charge on any atom is 0.305 e. The Bertz CT molecular complexity index is 146. The number of unbranched alkanes of at least 4 members (excludes halogenated alkanes) is 2. The Morgan fingerprint density at radius 2 is 2.00 bits per heavy atom. The third-order valence-electron chi connectivity index (χ3n) is 2.04. The Balaban J connectivity index is 3.20. The van der Waals surface area contributed by atoms with E-state index in [4.69, 9.17) is 10.5 Å². The van der Waals surface area contributed by atoms with Gasteiger partial charge in [0.1, 0.15) is 0 Å². The van der Waals surface area contributed by atoms with Gasteiger partial charge < -0.3 is 10.5 Å². The van der Waals surface area contributed by atoms with Crippen LogP contribution in [0.1, 0.15) is 46.0 Å². The van der Waals surface area contributed by atoms with E-state index < -0.39 is 0 Å². The van der Waals surface area contributed by atoms with E-state index in [0.717, 1.165) is 25.7 Å². The van der Waals surface area contributed by atoms with Crippen molar-refractivity contribution in [2.24, 2.45) is 11.7 Å². The lowest BCUT2D eigenvalue weighted by Gasteiger charge is -2.06. The van der Waals surface area contributed by atoms with E-state index in [1.807, 2.05) is 0 Å². The molecule has 0 saturated heterocycles. The van der Waals surface area contributed by atoms with Crippen molar-refractivity contribution in [3.8, 4) is 0 Å². The van der Waals surface area contributed by atoms with E-state index in [1.54, 1.807) is 0 Å². The van der Waals surface area contributed by atoms with Gasteiger partial charge in [0.05, 0.1) is 6.61 Å². The fourth-order valence-electron chi connectivity index (χ4n) is 1.07. The molecule has 0 saturated carbocycles. The van der Waals surface area contributed by atoms with Gasteiger partial charge in [-0.05, 0) is 31.7 Å². The molecule has 0 heterocycles. The molecule has 0 spiro atoms. The lowest BCUT2D eigenvalue weighted by Crippen LogP contribution is -2.07. The molecule has 0 aliphatic heterocycles. The highest BCUT2D eigenvalue weighted by atomic mass is 16.5. The fourth-order valence-corrected chi connectivity index (χ4v) is 1.07. The topological polar surface area (TPSA) is 52.3 Å². The zero-order valence-electron chi connectivity index (χ0n) is 9.42. The van der Waals surface area contributed by atoms with Gasteiger partial charge in [0.25, 0.3) is 0 Å². The van der Waals surface area contributed by atoms with E-state index in [2.05, 4.69) is 13.8 Å². The second-order valence-corrected chi connectivity index (χ2v) is 4.00. The molecule has 0 aliphatic carbocycles. The van der Waals surface area contributed by atoms with Crippen LogP contribution in [0.3, 0.4) is 0 Å². The van der Waals surface area contributed by atoms with Crippen LogP contribution in [-0.4, -0.2) is 19.1 Å². The van der Waals surface area contributed by atoms with Crippen molar-refractivity contribution < 1.29 is 9.53 Å². The van der Waals surface area contributed by atoms with E-state index in [0.29, 0.717) is 25.5 Å². The summed E-state index contributed by atoms with van der Waals surface area (Å²) in [5.41, 5.74) is 5.34. The van der Waals surface area contributed by atoms with Crippen molar-refractivity contribution in [3.05, 3.63) is 0 Å². The maximum absolute atomic E-state index is 11.1. The van der Waals surface area contributed by atoms with Gasteiger partial charge in [-0.3, -0.25) is 4.79 Å². The molecule has 0 aliphatic rings. The molecule has 0 amide bonds. The SMILES string of the molecule is CC(C)CCOC(=O)CCCCCN. The Hall–Kier alpha value is -0.570. The van der Waals surface area contributed by atoms with Crippen molar-refractivity contribution in [2.75, 3.05) is 13.2 Å². The summed E-state index contributed by atoms with van der Waals surface area (Å²) in [4.78, 5) is 11.1. The minimum absolute atomic E-state index is 0.0670. The molecule has 0 rings (SSSR count). The lowest BCUT2D eigenvalue weighted by atomic mass is 10.1. The zero-order chi connectivity index (χ0) is 10.8. The van der Waals surface area contributed by atoms with Crippen LogP contribution in [0.2, 0.25) is 0 Å². The smallest absolute Gasteiger partial charge is 0.305 e. The summed E-state index contributed by atoms with van der Waals surface area (Å²) < 4.78 is 5.06. The number of hydrogen-bond donors (Lipinski definition) is 1. The van der Waals surface area contributed by atoms with Gasteiger partial charge in [-0.2, -0.15) is 0 Å². The normalized spacial score (nSPS) is 10.6. The number of esters is 1. The number of nitrogens with two attached hydrogens (primary N) is 1. The van der Waals surface area contributed by atoms with Gasteiger partial charge in [-0.25, -0.2) is 0 Å². The van der Waals surface area contributed by atoms with Crippen LogP contribution >= 0.6 is 0 Å². The summed E-state index contributed by atoms with van der Waals surface area (Å²) in [6.45, 7) is 5.51. The summed E-state index contributed by atoms with van der Waals surface area (Å²) >= 11 is 0. The van der Waals surface area contributed by atoms with E-state index >= 15 is 0 Å². The molecule has 84 valence electrons. The summed E-state index contributed by atoms with van der Waals surface area (Å²) in [5.74, 6) is 0.530. The van der Waals surface area contributed by atoms with Gasteiger partial charge >= 0.3 is 5.97 Å². The maximum atomic E-state index is 11.1. The molecule has 0 unspecified atom stereocenters. The molecular weight excluding hydrogens is 178 g/mol. The highest BCUT2D eigenvalue weighted by Gasteiger charge is 2.02. The number of rotatable bonds is 8. The van der Waals surface area contributed by atoms with Gasteiger partial charge in [-0.15, -0.1) is 0 Å². The van der Waals surface area contributed by atoms with Gasteiger partial charge in [0, 0.05) is 6.42 Å². The summed E-state index contributed by atoms with van der Waals surface area (Å²) in [7, 11) is 0. The summed E-state index contributed by atoms with van der Waals surface area (Å²) in [5, 5.41) is 0. The van der Waals surface area contributed by atoms with Gasteiger partial charge in [0.15, 0.2) is 0 Å². The third kappa shape index (κ3) is 9.52. The van der Waals surface area contributed by atoms with Crippen LogP contribution in [0.25, 0.3) is 0 Å². The standard InChI is InChI=1S/C11H23NO2/c1-10(2)7-9-14-11(13)6-4-3-5-8-12/h10H,3-9,12H2,1-2H3. The predicted octanol–water partition coefficient (Wildman–Crippen LogP) is 2.09. The third-order valence-corrected chi connectivity index (χ3v) is 2.04. The quantitative estimate of drug-likeness (QED) is 0.483. The lowest BCUT2D eigenvalue weighted by molar-refractivity contribution is -0.144. The first-order chi connectivity index (χ1) is 6.66. The molecule has 0 aromatic carbocycles. The molecule has 14 heavy (non-hydrogen) atoms. The van der Waals surface area contributed by atoms with Crippen molar-refractivity contribution in [1.82, 2.24) is 0 Å². The molecular formula is C11H23NO2. The molecule has 0 aromatic heterocycles. The zero-order valence-corrected chi connectivity index (χ0v) is 9.42. The van der Waals surface area contributed by atoms with Crippen LogP contribution in [0.5, 0.6) is 0 Å². The fraction of sp³-hybridized carbons (Fsp3) is 0.909. The second-order valence-electron chi connectivity index (χ2n) is 4.00. The highest BCUT2D eigenvalue weighted by Crippen LogP contribution is 2.03. The summed E-state index contributed by atoms with van der Waals surface area (Å²) in [6.07, 6.45) is 4.42. The molecule has 0 bridgehead atoms. The molecule has 0 radical (unpaired) electrons. The highest BCUT2D eigenvalue weighted by molar-refractivity contribution is 5.69. The Labute approximate surface area is 87.0 Å². The van der Waals surface area contributed by atoms with E-state index in [-0.39, 0.29) is 5.97 Å². The van der Waals surface area contributed by atoms with E-state index in [9.17, 15) is 4.79 Å². The van der Waals surface area contributed by atoms with Crippen LogP contribution in [0.15, 0.2) is 0 Å². The first kappa shape index (κ1) is 13.4. The Kier molecular flexibility index (Phi) is 8.64. The van der Waals surface area contributed by atoms with Gasteiger partial charge in [-0.1, -0.05) is 20.3 Å². The van der Waals surface area contributed by atoms with Crippen molar-refractivity contribution in [1.29, 1.82) is 0 Å². The summed E-state index contributed by atoms with van der Waals surface area (Å²) in [6, 6.07) is 0. The second kappa shape index (κ2) is 9.00. The average molecular weight is 201 g/mol. The molecule has 2 N–H and O–H groups in total. The first-order valence-electron chi connectivity index (χ1n) is 5.52. The Morgan fingerprint density at radius 1 is 1.29 bits per heavy atom. The number of ether oxygens (including phenoxy) is 1. The minimum Gasteiger partial charge on any atom is -0.466 e. The number of carbonyl (C=O) groups is 1. The van der Waals surface area contributed by atoms with Crippen LogP contribution in [0, 0.1) is 5.92 Å². The Morgan fingerprint density at radius 3 is 2.57 bits per heavy atom. The predicted molar refractivity (Wildman–Crippen MR) is 57.9 cm³/mol. The number of hydrogen-bond acceptors (Lipinski definition) is 3. The van der Waals surface area contributed by atoms with Crippen LogP contribution < -0.4 is 5.73 Å². The van der Waals surface area contributed by atoms with Crippen molar-refractivity contribution in [2.45, 2.75) is 46.0 Å². The number of carbonyl (C=O) groups excluding carboxylic acids is 1. The monoisotopic (exact) mass is 201 g/mol. The minimum atomic E-state index is -0.0670. The van der Waals surface area contributed by atoms with Gasteiger partial charge in [0.2, 0.25) is 0 Å². The van der Waals surface area contributed by atoms with Crippen molar-refractivity contribution in [3.63, 3.8) is 0 Å². The van der Waals surface area contributed by atoms with Crippen LogP contribution in [-0.2, 0) is 9.53 Å².